The second-order valence-electron chi connectivity index (χ2n) is 2.19. The Bertz CT molecular complexity index is 281. The van der Waals surface area contributed by atoms with E-state index >= 15 is 0 Å². The highest BCUT2D eigenvalue weighted by molar-refractivity contribution is 7.79. The van der Waals surface area contributed by atoms with E-state index in [1.165, 1.54) is 13.8 Å². The number of carbonyl (C=O) groups excluding carboxylic acids is 1. The van der Waals surface area contributed by atoms with Crippen LogP contribution in [0, 0.1) is 0 Å². The number of aliphatic hydroxyl groups is 1. The molecular formula is C6H10O7S-2. The molecule has 0 fully saturated rings. The number of hydrogen-bond donors (Lipinski definition) is 1. The fourth-order valence-electron chi connectivity index (χ4n) is 0.255. The van der Waals surface area contributed by atoms with Crippen LogP contribution in [0.15, 0.2) is 12.2 Å². The van der Waals surface area contributed by atoms with Crippen molar-refractivity contribution >= 4 is 16.4 Å². The maximum Gasteiger partial charge on any atom is 0.335 e. The molecule has 0 aliphatic rings. The molecule has 8 heteroatoms. The first-order valence-corrected chi connectivity index (χ1v) is 4.58. The van der Waals surface area contributed by atoms with Crippen molar-refractivity contribution in [2.75, 3.05) is 0 Å². The molecule has 0 heterocycles. The van der Waals surface area contributed by atoms with E-state index in [0.29, 0.717) is 0 Å². The van der Waals surface area contributed by atoms with E-state index in [0.717, 1.165) is 0 Å². The Kier molecular flexibility index (Phi) is 7.19. The normalized spacial score (nSPS) is 12.1. The van der Waals surface area contributed by atoms with Gasteiger partial charge in [0.1, 0.15) is 0 Å². The smallest absolute Gasteiger partial charge is 0.335 e. The van der Waals surface area contributed by atoms with E-state index < -0.39 is 22.7 Å². The quantitative estimate of drug-likeness (QED) is 0.212. The van der Waals surface area contributed by atoms with E-state index in [4.69, 9.17) is 22.6 Å². The summed E-state index contributed by atoms with van der Waals surface area (Å²) in [6.07, 6.45) is -1.05. The Labute approximate surface area is 81.6 Å². The van der Waals surface area contributed by atoms with Crippen molar-refractivity contribution in [2.24, 2.45) is 0 Å². The molecule has 0 aromatic heterocycles. The molecule has 0 aliphatic carbocycles. The number of ether oxygens (including phenoxy) is 1. The summed E-state index contributed by atoms with van der Waals surface area (Å²) in [7, 11) is -5.17. The Balaban J connectivity index is 0. The molecule has 1 N–H and O–H groups in total. The first-order chi connectivity index (χ1) is 6.04. The minimum Gasteiger partial charge on any atom is -0.759 e. The number of hydrogen-bond acceptors (Lipinski definition) is 7. The SMILES string of the molecule is C=C(C)C(=O)OC(C)O.O=S(=O)([O-])[O-]. The molecule has 0 amide bonds. The van der Waals surface area contributed by atoms with Gasteiger partial charge in [-0.25, -0.2) is 4.79 Å². The second-order valence-corrected chi connectivity index (χ2v) is 3.01. The third-order valence-electron chi connectivity index (χ3n) is 0.626. The highest BCUT2D eigenvalue weighted by atomic mass is 32.3. The molecule has 0 aliphatic heterocycles. The second kappa shape index (κ2) is 6.49. The lowest BCUT2D eigenvalue weighted by Gasteiger charge is -2.06. The molecule has 1 unspecified atom stereocenters. The maximum absolute atomic E-state index is 10.5. The van der Waals surface area contributed by atoms with Gasteiger partial charge in [0.15, 0.2) is 6.29 Å². The fraction of sp³-hybridized carbons (Fsp3) is 0.500. The van der Waals surface area contributed by atoms with Crippen molar-refractivity contribution in [3.05, 3.63) is 12.2 Å². The van der Waals surface area contributed by atoms with E-state index in [1.54, 1.807) is 0 Å². The van der Waals surface area contributed by atoms with Crippen molar-refractivity contribution in [3.63, 3.8) is 0 Å². The third kappa shape index (κ3) is 22.5. The Morgan fingerprint density at radius 3 is 1.86 bits per heavy atom. The standard InChI is InChI=1S/C6H10O3.H2O4S/c1-4(2)6(8)9-5(3)7;1-5(2,3)4/h5,7H,1H2,2-3H3;(H2,1,2,3,4)/p-2. The molecule has 0 aromatic rings. The third-order valence-corrected chi connectivity index (χ3v) is 0.626. The number of carbonyl (C=O) groups is 1. The van der Waals surface area contributed by atoms with Crippen molar-refractivity contribution in [1.29, 1.82) is 0 Å². The molecule has 0 saturated heterocycles. The predicted octanol–water partition coefficient (Wildman–Crippen LogP) is -0.894. The van der Waals surface area contributed by atoms with Gasteiger partial charge in [-0.2, -0.15) is 0 Å². The van der Waals surface area contributed by atoms with Gasteiger partial charge in [0, 0.05) is 16.0 Å². The molecule has 0 bridgehead atoms. The monoisotopic (exact) mass is 226 g/mol. The van der Waals surface area contributed by atoms with Crippen LogP contribution in [0.2, 0.25) is 0 Å². The van der Waals surface area contributed by atoms with Crippen molar-refractivity contribution in [1.82, 2.24) is 0 Å². The van der Waals surface area contributed by atoms with Gasteiger partial charge < -0.3 is 18.9 Å². The maximum atomic E-state index is 10.5. The molecule has 0 saturated carbocycles. The van der Waals surface area contributed by atoms with Crippen molar-refractivity contribution < 1.29 is 32.2 Å². The predicted molar refractivity (Wildman–Crippen MR) is 43.1 cm³/mol. The topological polar surface area (TPSA) is 127 Å². The lowest BCUT2D eigenvalue weighted by molar-refractivity contribution is -0.159. The van der Waals surface area contributed by atoms with Crippen LogP contribution in [0.5, 0.6) is 0 Å². The van der Waals surface area contributed by atoms with Gasteiger partial charge in [-0.3, -0.25) is 8.42 Å². The Morgan fingerprint density at radius 2 is 1.79 bits per heavy atom. The van der Waals surface area contributed by atoms with Crippen molar-refractivity contribution in [3.8, 4) is 0 Å². The zero-order chi connectivity index (χ0) is 11.9. The largest absolute Gasteiger partial charge is 0.759 e. The summed E-state index contributed by atoms with van der Waals surface area (Å²) >= 11 is 0. The average Bonchev–Trinajstić information content (AvgIpc) is 1.80. The van der Waals surface area contributed by atoms with Gasteiger partial charge >= 0.3 is 5.97 Å². The lowest BCUT2D eigenvalue weighted by Crippen LogP contribution is -2.13. The van der Waals surface area contributed by atoms with Gasteiger partial charge in [0.05, 0.1) is 0 Å². The molecule has 1 atom stereocenters. The van der Waals surface area contributed by atoms with Gasteiger partial charge in [0.25, 0.3) is 0 Å². The minimum atomic E-state index is -5.17. The van der Waals surface area contributed by atoms with E-state index in [1.807, 2.05) is 0 Å². The Morgan fingerprint density at radius 1 is 1.50 bits per heavy atom. The minimum absolute atomic E-state index is 0.288. The summed E-state index contributed by atoms with van der Waals surface area (Å²) in [5, 5.41) is 8.49. The van der Waals surface area contributed by atoms with Gasteiger partial charge in [-0.15, -0.1) is 0 Å². The summed E-state index contributed by atoms with van der Waals surface area (Å²) in [5.41, 5.74) is 0.288. The van der Waals surface area contributed by atoms with E-state index in [-0.39, 0.29) is 5.57 Å². The van der Waals surface area contributed by atoms with Crippen LogP contribution in [0.25, 0.3) is 0 Å². The summed E-state index contributed by atoms with van der Waals surface area (Å²) in [6, 6.07) is 0. The van der Waals surface area contributed by atoms with E-state index in [2.05, 4.69) is 11.3 Å². The van der Waals surface area contributed by atoms with Crippen LogP contribution in [-0.2, 0) is 19.9 Å². The van der Waals surface area contributed by atoms with Gasteiger partial charge in [-0.05, 0) is 13.8 Å². The average molecular weight is 226 g/mol. The first kappa shape index (κ1) is 15.5. The Hall–Kier alpha value is -0.960. The number of aliphatic hydroxyl groups excluding tert-OH is 1. The zero-order valence-corrected chi connectivity index (χ0v) is 8.41. The summed E-state index contributed by atoms with van der Waals surface area (Å²) in [6.45, 7) is 6.20. The molecule has 84 valence electrons. The number of rotatable bonds is 2. The molecule has 0 aromatic carbocycles. The number of esters is 1. The highest BCUT2D eigenvalue weighted by Crippen LogP contribution is 1.94. The van der Waals surface area contributed by atoms with Crippen LogP contribution in [0.1, 0.15) is 13.8 Å². The summed E-state index contributed by atoms with van der Waals surface area (Å²) in [4.78, 5) is 10.5. The molecule has 14 heavy (non-hydrogen) atoms. The summed E-state index contributed by atoms with van der Waals surface area (Å²) in [5.74, 6) is -0.565. The first-order valence-electron chi connectivity index (χ1n) is 3.25. The molecule has 0 rings (SSSR count). The van der Waals surface area contributed by atoms with Gasteiger partial charge in [0.2, 0.25) is 0 Å². The fourth-order valence-corrected chi connectivity index (χ4v) is 0.255. The molecule has 0 radical (unpaired) electrons. The summed E-state index contributed by atoms with van der Waals surface area (Å²) < 4.78 is 38.4. The van der Waals surface area contributed by atoms with E-state index in [9.17, 15) is 4.79 Å². The lowest BCUT2D eigenvalue weighted by atomic mass is 10.4. The van der Waals surface area contributed by atoms with Crippen LogP contribution in [-0.4, -0.2) is 34.9 Å². The highest BCUT2D eigenvalue weighted by Gasteiger charge is 2.04. The van der Waals surface area contributed by atoms with Crippen LogP contribution in [0.4, 0.5) is 0 Å². The molecular weight excluding hydrogens is 216 g/mol. The van der Waals surface area contributed by atoms with Crippen LogP contribution in [0.3, 0.4) is 0 Å². The van der Waals surface area contributed by atoms with Crippen LogP contribution >= 0.6 is 0 Å². The zero-order valence-electron chi connectivity index (χ0n) is 7.59. The van der Waals surface area contributed by atoms with Crippen molar-refractivity contribution in [2.45, 2.75) is 20.1 Å². The molecule has 7 nitrogen and oxygen atoms in total. The van der Waals surface area contributed by atoms with Gasteiger partial charge in [-0.1, -0.05) is 6.58 Å². The molecule has 0 spiro atoms. The van der Waals surface area contributed by atoms with Crippen LogP contribution < -0.4 is 0 Å².